The molecule has 6 nitrogen and oxygen atoms in total. The first-order valence-electron chi connectivity index (χ1n) is 6.98. The largest absolute Gasteiger partial charge is 0.488 e. The molecule has 124 valence electrons. The van der Waals surface area contributed by atoms with E-state index < -0.39 is 14.2 Å². The summed E-state index contributed by atoms with van der Waals surface area (Å²) in [6.45, 7) is 0. The Kier molecular flexibility index (Phi) is 7.15. The lowest BCUT2D eigenvalue weighted by atomic mass is 9.77. The Morgan fingerprint density at radius 2 is 1.08 bits per heavy atom. The Bertz CT molecular complexity index is 683. The normalized spacial score (nSPS) is 11.1. The summed E-state index contributed by atoms with van der Waals surface area (Å²) in [4.78, 5) is 0. The van der Waals surface area contributed by atoms with Gasteiger partial charge < -0.3 is 20.1 Å². The van der Waals surface area contributed by atoms with Gasteiger partial charge in [-0.2, -0.15) is 10.2 Å². The van der Waals surface area contributed by atoms with E-state index in [1.165, 1.54) is 0 Å². The molecule has 0 saturated heterocycles. The Morgan fingerprint density at radius 1 is 0.708 bits per heavy atom. The van der Waals surface area contributed by atoms with Crippen molar-refractivity contribution in [1.82, 2.24) is 0 Å². The standard InChI is InChI=1S/C14H14B2Br2N2O4/c17-7-9-5-11(1-3-13(9)15(21)22)19-20-12-2-4-14(16(23)24)10(6-12)8-18/h1-6,21-24H,7-8H2. The summed E-state index contributed by atoms with van der Waals surface area (Å²) in [5.41, 5.74) is 3.38. The second-order valence-corrected chi connectivity index (χ2v) is 6.10. The number of hydrogen-bond acceptors (Lipinski definition) is 6. The molecule has 24 heavy (non-hydrogen) atoms. The molecule has 0 bridgehead atoms. The fraction of sp³-hybridized carbons (Fsp3) is 0.143. The van der Waals surface area contributed by atoms with E-state index in [-0.39, 0.29) is 0 Å². The van der Waals surface area contributed by atoms with E-state index >= 15 is 0 Å². The second kappa shape index (κ2) is 8.89. The maximum atomic E-state index is 9.30. The fourth-order valence-electron chi connectivity index (χ4n) is 2.16. The third kappa shape index (κ3) is 4.75. The molecule has 0 radical (unpaired) electrons. The van der Waals surface area contributed by atoms with E-state index in [1.807, 2.05) is 0 Å². The van der Waals surface area contributed by atoms with Crippen LogP contribution in [0.2, 0.25) is 0 Å². The molecular formula is C14H14B2Br2N2O4. The van der Waals surface area contributed by atoms with Crippen LogP contribution in [0.4, 0.5) is 11.4 Å². The van der Waals surface area contributed by atoms with Crippen molar-refractivity contribution in [3.8, 4) is 0 Å². The summed E-state index contributed by atoms with van der Waals surface area (Å²) in [5, 5.41) is 46.4. The predicted octanol–water partition coefficient (Wildman–Crippen LogP) is 1.25. The molecule has 0 aromatic heterocycles. The summed E-state index contributed by atoms with van der Waals surface area (Å²) >= 11 is 6.60. The molecule has 0 fully saturated rings. The highest BCUT2D eigenvalue weighted by Gasteiger charge is 2.16. The molecule has 0 saturated carbocycles. The van der Waals surface area contributed by atoms with Crippen molar-refractivity contribution < 1.29 is 20.1 Å². The van der Waals surface area contributed by atoms with Crippen molar-refractivity contribution in [2.45, 2.75) is 10.7 Å². The molecule has 0 amide bonds. The minimum Gasteiger partial charge on any atom is -0.423 e. The number of nitrogens with zero attached hydrogens (tertiary/aromatic N) is 2. The van der Waals surface area contributed by atoms with E-state index in [1.54, 1.807) is 36.4 Å². The first kappa shape index (κ1) is 19.3. The molecule has 2 rings (SSSR count). The predicted molar refractivity (Wildman–Crippen MR) is 102 cm³/mol. The van der Waals surface area contributed by atoms with Crippen LogP contribution in [0.25, 0.3) is 0 Å². The van der Waals surface area contributed by atoms with Gasteiger partial charge in [-0.25, -0.2) is 0 Å². The number of hydrogen-bond donors (Lipinski definition) is 4. The molecule has 2 aromatic carbocycles. The van der Waals surface area contributed by atoms with Crippen molar-refractivity contribution in [1.29, 1.82) is 0 Å². The van der Waals surface area contributed by atoms with E-state index in [9.17, 15) is 20.1 Å². The zero-order chi connectivity index (χ0) is 17.7. The lowest BCUT2D eigenvalue weighted by molar-refractivity contribution is 0.424. The highest BCUT2D eigenvalue weighted by Crippen LogP contribution is 2.21. The zero-order valence-corrected chi connectivity index (χ0v) is 15.6. The lowest BCUT2D eigenvalue weighted by Gasteiger charge is -2.07. The van der Waals surface area contributed by atoms with Gasteiger partial charge in [-0.05, 0) is 46.3 Å². The molecule has 0 aliphatic heterocycles. The number of azo groups is 1. The Morgan fingerprint density at radius 3 is 1.38 bits per heavy atom. The van der Waals surface area contributed by atoms with E-state index in [2.05, 4.69) is 42.1 Å². The van der Waals surface area contributed by atoms with Gasteiger partial charge in [0.25, 0.3) is 0 Å². The van der Waals surface area contributed by atoms with Crippen molar-refractivity contribution in [3.05, 3.63) is 47.5 Å². The van der Waals surface area contributed by atoms with Crippen LogP contribution in [-0.4, -0.2) is 34.3 Å². The van der Waals surface area contributed by atoms with E-state index in [0.29, 0.717) is 44.1 Å². The van der Waals surface area contributed by atoms with Crippen LogP contribution >= 0.6 is 31.9 Å². The van der Waals surface area contributed by atoms with Gasteiger partial charge in [-0.1, -0.05) is 44.0 Å². The Hall–Kier alpha value is -1.03. The molecule has 4 N–H and O–H groups in total. The molecule has 2 aromatic rings. The van der Waals surface area contributed by atoms with Crippen molar-refractivity contribution in [3.63, 3.8) is 0 Å². The Labute approximate surface area is 156 Å². The van der Waals surface area contributed by atoms with E-state index in [0.717, 1.165) is 0 Å². The minimum atomic E-state index is -1.54. The van der Waals surface area contributed by atoms with Crippen LogP contribution in [0, 0.1) is 0 Å². The fourth-order valence-corrected chi connectivity index (χ4v) is 3.13. The summed E-state index contributed by atoms with van der Waals surface area (Å²) in [6, 6.07) is 9.88. The molecule has 0 aliphatic carbocycles. The smallest absolute Gasteiger partial charge is 0.423 e. The third-order valence-electron chi connectivity index (χ3n) is 3.38. The Balaban J connectivity index is 2.28. The third-order valence-corrected chi connectivity index (χ3v) is 4.59. The zero-order valence-electron chi connectivity index (χ0n) is 12.5. The molecule has 0 unspecified atom stereocenters. The van der Waals surface area contributed by atoms with Gasteiger partial charge in [0, 0.05) is 10.7 Å². The lowest BCUT2D eigenvalue weighted by Crippen LogP contribution is -2.32. The molecule has 0 spiro atoms. The number of halogens is 2. The molecule has 0 heterocycles. The van der Waals surface area contributed by atoms with E-state index in [4.69, 9.17) is 0 Å². The molecule has 0 atom stereocenters. The summed E-state index contributed by atoms with van der Waals surface area (Å²) in [5.74, 6) is 0. The summed E-state index contributed by atoms with van der Waals surface area (Å²) in [7, 11) is -3.08. The van der Waals surface area contributed by atoms with Gasteiger partial charge in [0.05, 0.1) is 11.4 Å². The van der Waals surface area contributed by atoms with Crippen molar-refractivity contribution in [2.75, 3.05) is 0 Å². The van der Waals surface area contributed by atoms with Crippen molar-refractivity contribution >= 4 is 68.4 Å². The van der Waals surface area contributed by atoms with Gasteiger partial charge >= 0.3 is 14.2 Å². The summed E-state index contributed by atoms with van der Waals surface area (Å²) in [6.07, 6.45) is 0. The van der Waals surface area contributed by atoms with Crippen LogP contribution in [0.5, 0.6) is 0 Å². The monoisotopic (exact) mass is 454 g/mol. The number of rotatable bonds is 6. The van der Waals surface area contributed by atoms with Crippen LogP contribution in [-0.2, 0) is 10.7 Å². The maximum Gasteiger partial charge on any atom is 0.488 e. The molecule has 0 aliphatic rings. The van der Waals surface area contributed by atoms with Gasteiger partial charge in [-0.3, -0.25) is 0 Å². The second-order valence-electron chi connectivity index (χ2n) is 4.98. The van der Waals surface area contributed by atoms with Crippen LogP contribution in [0.15, 0.2) is 46.6 Å². The first-order chi connectivity index (χ1) is 11.5. The van der Waals surface area contributed by atoms with Crippen LogP contribution < -0.4 is 10.9 Å². The van der Waals surface area contributed by atoms with Crippen LogP contribution in [0.1, 0.15) is 11.1 Å². The average Bonchev–Trinajstić information content (AvgIpc) is 2.58. The summed E-state index contributed by atoms with van der Waals surface area (Å²) < 4.78 is 0. The highest BCUT2D eigenvalue weighted by atomic mass is 79.9. The van der Waals surface area contributed by atoms with Gasteiger partial charge in [-0.15, -0.1) is 0 Å². The first-order valence-corrected chi connectivity index (χ1v) is 9.22. The average molecular weight is 456 g/mol. The molecular weight excluding hydrogens is 442 g/mol. The SMILES string of the molecule is OB(O)c1ccc(N=Nc2ccc(B(O)O)c(CBr)c2)cc1CBr. The van der Waals surface area contributed by atoms with Crippen molar-refractivity contribution in [2.24, 2.45) is 10.2 Å². The van der Waals surface area contributed by atoms with Crippen LogP contribution in [0.3, 0.4) is 0 Å². The van der Waals surface area contributed by atoms with Gasteiger partial charge in [0.1, 0.15) is 0 Å². The quantitative estimate of drug-likeness (QED) is 0.299. The minimum absolute atomic E-state index is 0.411. The topological polar surface area (TPSA) is 106 Å². The van der Waals surface area contributed by atoms with Gasteiger partial charge in [0.2, 0.25) is 0 Å². The molecule has 10 heteroatoms. The highest BCUT2D eigenvalue weighted by molar-refractivity contribution is 9.08. The maximum absolute atomic E-state index is 9.30. The number of alkyl halides is 2. The van der Waals surface area contributed by atoms with Gasteiger partial charge in [0.15, 0.2) is 0 Å². The number of benzene rings is 2.